The molecule has 4 heteroatoms. The minimum absolute atomic E-state index is 0.0698. The van der Waals surface area contributed by atoms with Crippen LogP contribution in [0.1, 0.15) is 36.1 Å². The van der Waals surface area contributed by atoms with Gasteiger partial charge in [-0.3, -0.25) is 4.79 Å². The van der Waals surface area contributed by atoms with Crippen molar-refractivity contribution >= 4 is 17.2 Å². The molecule has 3 aromatic rings. The molecule has 0 amide bonds. The zero-order valence-electron chi connectivity index (χ0n) is 14.8. The second kappa shape index (κ2) is 6.47. The zero-order chi connectivity index (χ0) is 18.2. The van der Waals surface area contributed by atoms with Crippen molar-refractivity contribution in [3.8, 4) is 0 Å². The van der Waals surface area contributed by atoms with Crippen molar-refractivity contribution in [3.63, 3.8) is 0 Å². The van der Waals surface area contributed by atoms with Crippen LogP contribution in [-0.2, 0) is 4.79 Å². The zero-order valence-corrected chi connectivity index (χ0v) is 14.8. The quantitative estimate of drug-likeness (QED) is 0.658. The first-order valence-corrected chi connectivity index (χ1v) is 9.27. The van der Waals surface area contributed by atoms with Crippen molar-refractivity contribution in [2.75, 3.05) is 10.6 Å². The first-order valence-electron chi connectivity index (χ1n) is 9.27. The summed E-state index contributed by atoms with van der Waals surface area (Å²) in [4.78, 5) is 13.2. The van der Waals surface area contributed by atoms with E-state index >= 15 is 0 Å². The molecule has 5 rings (SSSR count). The van der Waals surface area contributed by atoms with Gasteiger partial charge >= 0.3 is 0 Å². The summed E-state index contributed by atoms with van der Waals surface area (Å²) in [6, 6.07) is 21.9. The number of ketones is 1. The SMILES string of the molecule is O=C1C[C@@H](c2ccco2)CC2=C1[C@@H](c1ccccc1)Nc1ccccc1N2. The molecule has 1 aromatic heterocycles. The van der Waals surface area contributed by atoms with Gasteiger partial charge in [0.1, 0.15) is 5.76 Å². The number of furan rings is 1. The fourth-order valence-corrected chi connectivity index (χ4v) is 4.11. The van der Waals surface area contributed by atoms with Gasteiger partial charge in [0.05, 0.1) is 23.7 Å². The van der Waals surface area contributed by atoms with Crippen molar-refractivity contribution in [2.24, 2.45) is 0 Å². The van der Waals surface area contributed by atoms with E-state index < -0.39 is 0 Å². The van der Waals surface area contributed by atoms with E-state index in [1.165, 1.54) is 0 Å². The highest BCUT2D eigenvalue weighted by Crippen LogP contribution is 2.44. The van der Waals surface area contributed by atoms with Gasteiger partial charge in [0.15, 0.2) is 5.78 Å². The van der Waals surface area contributed by atoms with E-state index in [0.717, 1.165) is 40.4 Å². The third-order valence-electron chi connectivity index (χ3n) is 5.39. The largest absolute Gasteiger partial charge is 0.469 e. The summed E-state index contributed by atoms with van der Waals surface area (Å²) in [6.07, 6.45) is 2.90. The average Bonchev–Trinajstić information content (AvgIpc) is 3.17. The number of hydrogen-bond acceptors (Lipinski definition) is 4. The Morgan fingerprint density at radius 3 is 2.41 bits per heavy atom. The van der Waals surface area contributed by atoms with Crippen molar-refractivity contribution in [1.29, 1.82) is 0 Å². The summed E-state index contributed by atoms with van der Waals surface area (Å²) in [5, 5.41) is 7.13. The standard InChI is InChI=1S/C23H20N2O2/c26-20-14-16(21-11-6-12-27-21)13-19-22(20)23(15-7-2-1-3-8-15)25-18-10-5-4-9-17(18)24-19/h1-12,16,23-25H,13-14H2/t16-,23+/m0/s1. The Labute approximate surface area is 157 Å². The predicted molar refractivity (Wildman–Crippen MR) is 106 cm³/mol. The minimum Gasteiger partial charge on any atom is -0.469 e. The van der Waals surface area contributed by atoms with Crippen molar-refractivity contribution in [3.05, 3.63) is 95.6 Å². The molecule has 2 aliphatic rings. The molecule has 0 radical (unpaired) electrons. The lowest BCUT2D eigenvalue weighted by Crippen LogP contribution is -2.26. The van der Waals surface area contributed by atoms with E-state index in [-0.39, 0.29) is 17.7 Å². The number of nitrogens with one attached hydrogen (secondary N) is 2. The third kappa shape index (κ3) is 2.83. The van der Waals surface area contributed by atoms with Gasteiger partial charge in [-0.25, -0.2) is 0 Å². The molecular formula is C23H20N2O2. The normalized spacial score (nSPS) is 21.6. The summed E-state index contributed by atoms with van der Waals surface area (Å²) >= 11 is 0. The number of allylic oxidation sites excluding steroid dienone is 1. The maximum Gasteiger partial charge on any atom is 0.163 e. The van der Waals surface area contributed by atoms with Crippen molar-refractivity contribution in [2.45, 2.75) is 24.8 Å². The monoisotopic (exact) mass is 356 g/mol. The fraction of sp³-hybridized carbons (Fsp3) is 0.174. The third-order valence-corrected chi connectivity index (χ3v) is 5.39. The Hall–Kier alpha value is -3.27. The number of anilines is 2. The fourth-order valence-electron chi connectivity index (χ4n) is 4.11. The minimum atomic E-state index is -0.164. The van der Waals surface area contributed by atoms with Gasteiger partial charge in [-0.2, -0.15) is 0 Å². The number of para-hydroxylation sites is 2. The molecule has 1 aliphatic heterocycles. The predicted octanol–water partition coefficient (Wildman–Crippen LogP) is 5.26. The molecule has 0 fully saturated rings. The summed E-state index contributed by atoms with van der Waals surface area (Å²) in [5.41, 5.74) is 4.91. The van der Waals surface area contributed by atoms with Gasteiger partial charge < -0.3 is 15.1 Å². The summed E-state index contributed by atoms with van der Waals surface area (Å²) in [5.74, 6) is 1.11. The van der Waals surface area contributed by atoms with Crippen LogP contribution in [0.2, 0.25) is 0 Å². The van der Waals surface area contributed by atoms with E-state index in [1.807, 2.05) is 54.6 Å². The molecule has 0 spiro atoms. The molecule has 2 heterocycles. The number of benzene rings is 2. The highest BCUT2D eigenvalue weighted by atomic mass is 16.3. The Balaban J connectivity index is 1.63. The molecule has 4 nitrogen and oxygen atoms in total. The molecule has 134 valence electrons. The van der Waals surface area contributed by atoms with Crippen LogP contribution in [0.15, 0.2) is 88.7 Å². The highest BCUT2D eigenvalue weighted by molar-refractivity contribution is 6.01. The smallest absolute Gasteiger partial charge is 0.163 e. The van der Waals surface area contributed by atoms with Gasteiger partial charge in [0, 0.05) is 23.6 Å². The van der Waals surface area contributed by atoms with Gasteiger partial charge in [-0.15, -0.1) is 0 Å². The topological polar surface area (TPSA) is 54.3 Å². The summed E-state index contributed by atoms with van der Waals surface area (Å²) in [6.45, 7) is 0. The molecule has 2 aromatic carbocycles. The maximum absolute atomic E-state index is 13.2. The van der Waals surface area contributed by atoms with Gasteiger partial charge in [-0.1, -0.05) is 42.5 Å². The Morgan fingerprint density at radius 2 is 1.63 bits per heavy atom. The number of hydrogen-bond donors (Lipinski definition) is 2. The van der Waals surface area contributed by atoms with Crippen LogP contribution in [0, 0.1) is 0 Å². The molecule has 0 saturated heterocycles. The number of Topliss-reactive ketones (excluding diaryl/α,β-unsaturated/α-hetero) is 1. The summed E-state index contributed by atoms with van der Waals surface area (Å²) in [7, 11) is 0. The molecule has 1 aliphatic carbocycles. The molecule has 0 unspecified atom stereocenters. The second-order valence-corrected chi connectivity index (χ2v) is 7.09. The van der Waals surface area contributed by atoms with E-state index in [9.17, 15) is 4.79 Å². The van der Waals surface area contributed by atoms with Crippen molar-refractivity contribution < 1.29 is 9.21 Å². The molecule has 0 saturated carbocycles. The number of rotatable bonds is 2. The Morgan fingerprint density at radius 1 is 0.852 bits per heavy atom. The number of fused-ring (bicyclic) bond motifs is 1. The first-order chi connectivity index (χ1) is 13.3. The Kier molecular flexibility index (Phi) is 3.82. The van der Waals surface area contributed by atoms with Gasteiger partial charge in [-0.05, 0) is 36.2 Å². The molecular weight excluding hydrogens is 336 g/mol. The molecule has 0 bridgehead atoms. The van der Waals surface area contributed by atoms with Crippen LogP contribution in [0.25, 0.3) is 0 Å². The number of carbonyl (C=O) groups is 1. The molecule has 27 heavy (non-hydrogen) atoms. The lowest BCUT2D eigenvalue weighted by molar-refractivity contribution is -0.116. The van der Waals surface area contributed by atoms with Crippen LogP contribution < -0.4 is 10.6 Å². The van der Waals surface area contributed by atoms with Crippen LogP contribution in [0.5, 0.6) is 0 Å². The van der Waals surface area contributed by atoms with E-state index in [4.69, 9.17) is 4.42 Å². The second-order valence-electron chi connectivity index (χ2n) is 7.09. The summed E-state index contributed by atoms with van der Waals surface area (Å²) < 4.78 is 5.60. The molecule has 2 atom stereocenters. The maximum atomic E-state index is 13.2. The van der Waals surface area contributed by atoms with Crippen LogP contribution in [-0.4, -0.2) is 5.78 Å². The highest BCUT2D eigenvalue weighted by Gasteiger charge is 2.36. The average molecular weight is 356 g/mol. The van der Waals surface area contributed by atoms with Crippen LogP contribution in [0.3, 0.4) is 0 Å². The lowest BCUT2D eigenvalue weighted by atomic mass is 9.80. The molecule has 2 N–H and O–H groups in total. The first kappa shape index (κ1) is 15.9. The lowest BCUT2D eigenvalue weighted by Gasteiger charge is -2.28. The van der Waals surface area contributed by atoms with Gasteiger partial charge in [0.2, 0.25) is 0 Å². The van der Waals surface area contributed by atoms with Crippen LogP contribution in [0.4, 0.5) is 11.4 Å². The van der Waals surface area contributed by atoms with E-state index in [0.29, 0.717) is 6.42 Å². The van der Waals surface area contributed by atoms with E-state index in [2.05, 4.69) is 22.8 Å². The van der Waals surface area contributed by atoms with Crippen LogP contribution >= 0.6 is 0 Å². The Bertz CT molecular complexity index is 1010. The van der Waals surface area contributed by atoms with E-state index in [1.54, 1.807) is 6.26 Å². The number of carbonyl (C=O) groups excluding carboxylic acids is 1. The van der Waals surface area contributed by atoms with Crippen molar-refractivity contribution in [1.82, 2.24) is 0 Å². The van der Waals surface area contributed by atoms with Gasteiger partial charge in [0.25, 0.3) is 0 Å².